The second-order valence-electron chi connectivity index (χ2n) is 6.44. The van der Waals surface area contributed by atoms with Crippen LogP contribution in [0.1, 0.15) is 27.3 Å². The molecule has 0 fully saturated rings. The molecule has 27 heavy (non-hydrogen) atoms. The molecule has 8 heteroatoms. The van der Waals surface area contributed by atoms with E-state index in [1.807, 2.05) is 25.1 Å². The van der Waals surface area contributed by atoms with Gasteiger partial charge in [-0.25, -0.2) is 0 Å². The second-order valence-corrected chi connectivity index (χ2v) is 6.44. The van der Waals surface area contributed by atoms with Gasteiger partial charge in [0.25, 0.3) is 5.91 Å². The van der Waals surface area contributed by atoms with Gasteiger partial charge in [-0.05, 0) is 25.5 Å². The van der Waals surface area contributed by atoms with Crippen LogP contribution in [0.25, 0.3) is 0 Å². The van der Waals surface area contributed by atoms with Crippen LogP contribution in [-0.2, 0) is 18.4 Å². The van der Waals surface area contributed by atoms with E-state index in [9.17, 15) is 9.59 Å². The van der Waals surface area contributed by atoms with Crippen molar-refractivity contribution in [3.05, 3.63) is 65.2 Å². The standard InChI is InChI=1S/C19H22N6O2/c1-13-5-4-6-15(7-13)11-25-12-16(9-21-25)22-18(26)10-20-19(27)17-8-14(2)23-24(17)3/h4-9,12H,10-11H2,1-3H3,(H,20,27)(H,22,26). The van der Waals surface area contributed by atoms with Crippen LogP contribution in [0, 0.1) is 13.8 Å². The summed E-state index contributed by atoms with van der Waals surface area (Å²) in [7, 11) is 1.69. The van der Waals surface area contributed by atoms with E-state index >= 15 is 0 Å². The Bertz CT molecular complexity index is 972. The first kappa shape index (κ1) is 18.4. The van der Waals surface area contributed by atoms with Gasteiger partial charge < -0.3 is 10.6 Å². The fourth-order valence-corrected chi connectivity index (χ4v) is 2.79. The smallest absolute Gasteiger partial charge is 0.269 e. The third-order valence-corrected chi connectivity index (χ3v) is 3.99. The lowest BCUT2D eigenvalue weighted by molar-refractivity contribution is -0.115. The largest absolute Gasteiger partial charge is 0.342 e. The molecule has 2 N–H and O–H groups in total. The minimum absolute atomic E-state index is 0.133. The summed E-state index contributed by atoms with van der Waals surface area (Å²) < 4.78 is 3.24. The van der Waals surface area contributed by atoms with E-state index < -0.39 is 0 Å². The predicted molar refractivity (Wildman–Crippen MR) is 101 cm³/mol. The lowest BCUT2D eigenvalue weighted by atomic mass is 10.1. The molecule has 2 aromatic heterocycles. The van der Waals surface area contributed by atoms with E-state index in [4.69, 9.17) is 0 Å². The number of nitrogens with zero attached hydrogens (tertiary/aromatic N) is 4. The van der Waals surface area contributed by atoms with E-state index in [-0.39, 0.29) is 18.4 Å². The summed E-state index contributed by atoms with van der Waals surface area (Å²) in [5.41, 5.74) is 4.06. The Morgan fingerprint density at radius 2 is 2.00 bits per heavy atom. The molecule has 0 aliphatic rings. The lowest BCUT2D eigenvalue weighted by Crippen LogP contribution is -2.33. The molecule has 3 aromatic rings. The molecule has 0 bridgehead atoms. The number of rotatable bonds is 6. The van der Waals surface area contributed by atoms with Crippen molar-refractivity contribution in [1.29, 1.82) is 0 Å². The lowest BCUT2D eigenvalue weighted by Gasteiger charge is -2.05. The van der Waals surface area contributed by atoms with Crippen molar-refractivity contribution in [2.75, 3.05) is 11.9 Å². The van der Waals surface area contributed by atoms with E-state index in [1.165, 1.54) is 10.2 Å². The highest BCUT2D eigenvalue weighted by Crippen LogP contribution is 2.09. The second kappa shape index (κ2) is 7.86. The summed E-state index contributed by atoms with van der Waals surface area (Å²) in [6.45, 7) is 4.33. The van der Waals surface area contributed by atoms with Crippen LogP contribution in [0.15, 0.2) is 42.7 Å². The number of anilines is 1. The molecule has 0 atom stereocenters. The zero-order valence-electron chi connectivity index (χ0n) is 15.6. The summed E-state index contributed by atoms with van der Waals surface area (Å²) in [6.07, 6.45) is 3.34. The maximum Gasteiger partial charge on any atom is 0.269 e. The molecule has 0 saturated carbocycles. The maximum atomic E-state index is 12.1. The SMILES string of the molecule is Cc1cccc(Cn2cc(NC(=O)CNC(=O)c3cc(C)nn3C)cn2)c1. The van der Waals surface area contributed by atoms with Crippen LogP contribution in [0.4, 0.5) is 5.69 Å². The number of carbonyl (C=O) groups is 2. The molecule has 0 aliphatic heterocycles. The zero-order valence-corrected chi connectivity index (χ0v) is 15.6. The number of hydrogen-bond donors (Lipinski definition) is 2. The molecule has 0 aliphatic carbocycles. The number of carbonyl (C=O) groups excluding carboxylic acids is 2. The van der Waals surface area contributed by atoms with Gasteiger partial charge in [-0.1, -0.05) is 29.8 Å². The molecule has 0 radical (unpaired) electrons. The topological polar surface area (TPSA) is 93.8 Å². The molecule has 0 saturated heterocycles. The normalized spacial score (nSPS) is 10.6. The van der Waals surface area contributed by atoms with Crippen LogP contribution in [0.2, 0.25) is 0 Å². The number of benzene rings is 1. The quantitative estimate of drug-likeness (QED) is 0.694. The maximum absolute atomic E-state index is 12.1. The van der Waals surface area contributed by atoms with Gasteiger partial charge in [-0.15, -0.1) is 0 Å². The Hall–Kier alpha value is -3.42. The molecule has 2 amide bonds. The Morgan fingerprint density at radius 1 is 1.19 bits per heavy atom. The molecular weight excluding hydrogens is 344 g/mol. The fraction of sp³-hybridized carbons (Fsp3) is 0.263. The molecular formula is C19H22N6O2. The summed E-state index contributed by atoms with van der Waals surface area (Å²) in [4.78, 5) is 24.2. The average molecular weight is 366 g/mol. The van der Waals surface area contributed by atoms with Gasteiger partial charge >= 0.3 is 0 Å². The Morgan fingerprint density at radius 3 is 2.70 bits per heavy atom. The molecule has 3 rings (SSSR count). The van der Waals surface area contributed by atoms with E-state index in [2.05, 4.69) is 26.9 Å². The van der Waals surface area contributed by atoms with Crippen molar-refractivity contribution < 1.29 is 9.59 Å². The van der Waals surface area contributed by atoms with Gasteiger partial charge in [0.2, 0.25) is 5.91 Å². The number of nitrogens with one attached hydrogen (secondary N) is 2. The fourth-order valence-electron chi connectivity index (χ4n) is 2.79. The van der Waals surface area contributed by atoms with Gasteiger partial charge in [0, 0.05) is 13.2 Å². The van der Waals surface area contributed by atoms with Crippen molar-refractivity contribution in [3.63, 3.8) is 0 Å². The molecule has 0 spiro atoms. The first-order chi connectivity index (χ1) is 12.9. The third-order valence-electron chi connectivity index (χ3n) is 3.99. The van der Waals surface area contributed by atoms with E-state index in [1.54, 1.807) is 37.1 Å². The molecule has 2 heterocycles. The van der Waals surface area contributed by atoms with Crippen molar-refractivity contribution >= 4 is 17.5 Å². The third kappa shape index (κ3) is 4.81. The van der Waals surface area contributed by atoms with Crippen LogP contribution in [0.5, 0.6) is 0 Å². The highest BCUT2D eigenvalue weighted by Gasteiger charge is 2.13. The highest BCUT2D eigenvalue weighted by molar-refractivity contribution is 5.98. The van der Waals surface area contributed by atoms with Crippen LogP contribution >= 0.6 is 0 Å². The Balaban J connectivity index is 1.52. The molecule has 0 unspecified atom stereocenters. The average Bonchev–Trinajstić information content (AvgIpc) is 3.18. The summed E-state index contributed by atoms with van der Waals surface area (Å²) in [5, 5.41) is 13.7. The molecule has 8 nitrogen and oxygen atoms in total. The summed E-state index contributed by atoms with van der Waals surface area (Å²) >= 11 is 0. The minimum atomic E-state index is -0.344. The van der Waals surface area contributed by atoms with Gasteiger partial charge in [-0.2, -0.15) is 10.2 Å². The van der Waals surface area contributed by atoms with E-state index in [0.717, 1.165) is 11.3 Å². The van der Waals surface area contributed by atoms with Gasteiger partial charge in [-0.3, -0.25) is 19.0 Å². The Kier molecular flexibility index (Phi) is 5.35. The number of aromatic nitrogens is 4. The number of hydrogen-bond acceptors (Lipinski definition) is 4. The summed E-state index contributed by atoms with van der Waals surface area (Å²) in [5.74, 6) is -0.666. The van der Waals surface area contributed by atoms with Gasteiger partial charge in [0.15, 0.2) is 0 Å². The predicted octanol–water partition coefficient (Wildman–Crippen LogP) is 1.65. The zero-order chi connectivity index (χ0) is 19.4. The monoisotopic (exact) mass is 366 g/mol. The Labute approximate surface area is 157 Å². The van der Waals surface area contributed by atoms with Crippen LogP contribution in [-0.4, -0.2) is 37.9 Å². The number of amides is 2. The van der Waals surface area contributed by atoms with E-state index in [0.29, 0.717) is 17.9 Å². The van der Waals surface area contributed by atoms with Crippen molar-refractivity contribution in [2.45, 2.75) is 20.4 Å². The van der Waals surface area contributed by atoms with Crippen LogP contribution in [0.3, 0.4) is 0 Å². The van der Waals surface area contributed by atoms with Crippen molar-refractivity contribution in [1.82, 2.24) is 24.9 Å². The number of aryl methyl sites for hydroxylation is 3. The molecule has 140 valence electrons. The van der Waals surface area contributed by atoms with Crippen molar-refractivity contribution in [3.8, 4) is 0 Å². The van der Waals surface area contributed by atoms with Gasteiger partial charge in [0.1, 0.15) is 5.69 Å². The van der Waals surface area contributed by atoms with Gasteiger partial charge in [0.05, 0.1) is 30.7 Å². The molecule has 1 aromatic carbocycles. The first-order valence-corrected chi connectivity index (χ1v) is 8.57. The van der Waals surface area contributed by atoms with Crippen LogP contribution < -0.4 is 10.6 Å². The van der Waals surface area contributed by atoms with Crippen molar-refractivity contribution in [2.24, 2.45) is 7.05 Å². The first-order valence-electron chi connectivity index (χ1n) is 8.57. The summed E-state index contributed by atoms with van der Waals surface area (Å²) in [6, 6.07) is 9.84. The minimum Gasteiger partial charge on any atom is -0.342 e. The highest BCUT2D eigenvalue weighted by atomic mass is 16.2.